The van der Waals surface area contributed by atoms with Crippen LogP contribution in [0.15, 0.2) is 53.4 Å². The van der Waals surface area contributed by atoms with E-state index in [0.29, 0.717) is 0 Å². The first kappa shape index (κ1) is 10.9. The molecule has 0 aromatic heterocycles. The Morgan fingerprint density at radius 1 is 0.875 bits per heavy atom. The summed E-state index contributed by atoms with van der Waals surface area (Å²) in [5.74, 6) is 1.39. The Hall–Kier alpha value is -1.61. The standard InChI is InChI=1S/C13H12O2S/c14-11-6-4-10(5-7-11)9-16-13-3-1-2-12(15)8-13/h1-8,14-15H,9H2. The molecule has 2 aromatic rings. The normalized spacial score (nSPS) is 10.2. The van der Waals surface area contributed by atoms with E-state index in [9.17, 15) is 5.11 Å². The van der Waals surface area contributed by atoms with Crippen molar-refractivity contribution in [1.29, 1.82) is 0 Å². The van der Waals surface area contributed by atoms with E-state index >= 15 is 0 Å². The van der Waals surface area contributed by atoms with Gasteiger partial charge in [-0.05, 0) is 35.9 Å². The van der Waals surface area contributed by atoms with Gasteiger partial charge in [0.25, 0.3) is 0 Å². The van der Waals surface area contributed by atoms with Crippen LogP contribution < -0.4 is 0 Å². The van der Waals surface area contributed by atoms with Gasteiger partial charge in [0, 0.05) is 10.6 Å². The molecule has 2 nitrogen and oxygen atoms in total. The second-order valence-electron chi connectivity index (χ2n) is 3.45. The molecule has 16 heavy (non-hydrogen) atoms. The average Bonchev–Trinajstić information content (AvgIpc) is 2.28. The van der Waals surface area contributed by atoms with Gasteiger partial charge in [-0.3, -0.25) is 0 Å². The van der Waals surface area contributed by atoms with Gasteiger partial charge in [0.2, 0.25) is 0 Å². The van der Waals surface area contributed by atoms with Crippen LogP contribution in [0.25, 0.3) is 0 Å². The number of hydrogen-bond acceptors (Lipinski definition) is 3. The lowest BCUT2D eigenvalue weighted by molar-refractivity contribution is 0.473. The first-order chi connectivity index (χ1) is 7.74. The first-order valence-electron chi connectivity index (χ1n) is 4.94. The first-order valence-corrected chi connectivity index (χ1v) is 5.92. The molecule has 0 unspecified atom stereocenters. The van der Waals surface area contributed by atoms with Crippen molar-refractivity contribution in [2.75, 3.05) is 0 Å². The zero-order valence-electron chi connectivity index (χ0n) is 8.63. The fourth-order valence-electron chi connectivity index (χ4n) is 1.33. The zero-order valence-corrected chi connectivity index (χ0v) is 9.45. The molecular weight excluding hydrogens is 220 g/mol. The van der Waals surface area contributed by atoms with Crippen LogP contribution in [0.3, 0.4) is 0 Å². The third kappa shape index (κ3) is 2.94. The fourth-order valence-corrected chi connectivity index (χ4v) is 2.24. The molecule has 0 heterocycles. The molecule has 0 radical (unpaired) electrons. The predicted molar refractivity (Wildman–Crippen MR) is 65.8 cm³/mol. The van der Waals surface area contributed by atoms with E-state index in [2.05, 4.69) is 0 Å². The lowest BCUT2D eigenvalue weighted by atomic mass is 10.2. The Bertz CT molecular complexity index is 466. The van der Waals surface area contributed by atoms with E-state index in [4.69, 9.17) is 5.11 Å². The van der Waals surface area contributed by atoms with E-state index in [1.165, 1.54) is 0 Å². The van der Waals surface area contributed by atoms with Gasteiger partial charge in [-0.25, -0.2) is 0 Å². The minimum absolute atomic E-state index is 0.283. The van der Waals surface area contributed by atoms with Crippen LogP contribution in [-0.4, -0.2) is 10.2 Å². The molecule has 0 saturated carbocycles. The Labute approximate surface area is 98.6 Å². The third-order valence-electron chi connectivity index (χ3n) is 2.16. The van der Waals surface area contributed by atoms with Gasteiger partial charge in [-0.2, -0.15) is 0 Å². The van der Waals surface area contributed by atoms with Crippen LogP contribution in [-0.2, 0) is 5.75 Å². The molecule has 3 heteroatoms. The summed E-state index contributed by atoms with van der Waals surface area (Å²) in [6, 6.07) is 14.3. The van der Waals surface area contributed by atoms with Crippen LogP contribution in [0.1, 0.15) is 5.56 Å². The van der Waals surface area contributed by atoms with E-state index in [1.54, 1.807) is 36.0 Å². The maximum Gasteiger partial charge on any atom is 0.116 e. The second kappa shape index (κ2) is 4.94. The van der Waals surface area contributed by atoms with Crippen molar-refractivity contribution in [2.45, 2.75) is 10.6 Å². The highest BCUT2D eigenvalue weighted by Crippen LogP contribution is 2.26. The smallest absolute Gasteiger partial charge is 0.116 e. The van der Waals surface area contributed by atoms with Gasteiger partial charge in [-0.1, -0.05) is 18.2 Å². The number of benzene rings is 2. The molecule has 2 N–H and O–H groups in total. The monoisotopic (exact) mass is 232 g/mol. The maximum absolute atomic E-state index is 9.30. The highest BCUT2D eigenvalue weighted by molar-refractivity contribution is 7.98. The highest BCUT2D eigenvalue weighted by atomic mass is 32.2. The van der Waals surface area contributed by atoms with Gasteiger partial charge in [0.15, 0.2) is 0 Å². The molecule has 82 valence electrons. The predicted octanol–water partition coefficient (Wildman–Crippen LogP) is 3.39. The number of thioether (sulfide) groups is 1. The highest BCUT2D eigenvalue weighted by Gasteiger charge is 1.97. The summed E-state index contributed by atoms with van der Waals surface area (Å²) in [7, 11) is 0. The van der Waals surface area contributed by atoms with Crippen LogP contribution in [0, 0.1) is 0 Å². The van der Waals surface area contributed by atoms with Crippen molar-refractivity contribution in [3.8, 4) is 11.5 Å². The molecule has 2 rings (SSSR count). The van der Waals surface area contributed by atoms with Crippen LogP contribution in [0.5, 0.6) is 11.5 Å². The third-order valence-corrected chi connectivity index (χ3v) is 3.22. The minimum atomic E-state index is 0.283. The van der Waals surface area contributed by atoms with Gasteiger partial charge in [0.05, 0.1) is 0 Å². The number of phenols is 2. The Morgan fingerprint density at radius 2 is 1.62 bits per heavy atom. The number of hydrogen-bond donors (Lipinski definition) is 2. The van der Waals surface area contributed by atoms with Gasteiger partial charge in [-0.15, -0.1) is 11.8 Å². The van der Waals surface area contributed by atoms with Crippen molar-refractivity contribution in [3.63, 3.8) is 0 Å². The number of aromatic hydroxyl groups is 2. The minimum Gasteiger partial charge on any atom is -0.508 e. The van der Waals surface area contributed by atoms with Gasteiger partial charge in [0.1, 0.15) is 11.5 Å². The topological polar surface area (TPSA) is 40.5 Å². The Kier molecular flexibility index (Phi) is 3.37. The van der Waals surface area contributed by atoms with E-state index in [-0.39, 0.29) is 11.5 Å². The van der Waals surface area contributed by atoms with Crippen LogP contribution >= 0.6 is 11.8 Å². The molecule has 0 saturated heterocycles. The summed E-state index contributed by atoms with van der Waals surface area (Å²) in [6.45, 7) is 0. The average molecular weight is 232 g/mol. The molecule has 0 spiro atoms. The molecule has 0 fully saturated rings. The molecule has 0 aliphatic heterocycles. The van der Waals surface area contributed by atoms with E-state index in [0.717, 1.165) is 16.2 Å². The quantitative estimate of drug-likeness (QED) is 0.797. The number of rotatable bonds is 3. The fraction of sp³-hybridized carbons (Fsp3) is 0.0769. The summed E-state index contributed by atoms with van der Waals surface area (Å²) < 4.78 is 0. The lowest BCUT2D eigenvalue weighted by Gasteiger charge is -2.02. The van der Waals surface area contributed by atoms with Crippen molar-refractivity contribution in [3.05, 3.63) is 54.1 Å². The SMILES string of the molecule is Oc1ccc(CSc2cccc(O)c2)cc1. The van der Waals surface area contributed by atoms with Crippen molar-refractivity contribution < 1.29 is 10.2 Å². The van der Waals surface area contributed by atoms with Gasteiger partial charge < -0.3 is 10.2 Å². The summed E-state index contributed by atoms with van der Waals surface area (Å²) >= 11 is 1.65. The van der Waals surface area contributed by atoms with Crippen LogP contribution in [0.4, 0.5) is 0 Å². The maximum atomic E-state index is 9.30. The lowest BCUT2D eigenvalue weighted by Crippen LogP contribution is -1.79. The molecular formula is C13H12O2S. The molecule has 0 atom stereocenters. The summed E-state index contributed by atoms with van der Waals surface area (Å²) in [5, 5.41) is 18.4. The van der Waals surface area contributed by atoms with E-state index in [1.807, 2.05) is 24.3 Å². The molecule has 2 aromatic carbocycles. The van der Waals surface area contributed by atoms with Crippen molar-refractivity contribution in [2.24, 2.45) is 0 Å². The Morgan fingerprint density at radius 3 is 2.31 bits per heavy atom. The summed E-state index contributed by atoms with van der Waals surface area (Å²) in [6.07, 6.45) is 0. The van der Waals surface area contributed by atoms with Crippen molar-refractivity contribution >= 4 is 11.8 Å². The summed E-state index contributed by atoms with van der Waals surface area (Å²) in [5.41, 5.74) is 1.14. The van der Waals surface area contributed by atoms with Crippen molar-refractivity contribution in [1.82, 2.24) is 0 Å². The second-order valence-corrected chi connectivity index (χ2v) is 4.50. The van der Waals surface area contributed by atoms with Crippen LogP contribution in [0.2, 0.25) is 0 Å². The Balaban J connectivity index is 1.99. The number of phenolic OH excluding ortho intramolecular Hbond substituents is 2. The van der Waals surface area contributed by atoms with E-state index < -0.39 is 0 Å². The van der Waals surface area contributed by atoms with Gasteiger partial charge >= 0.3 is 0 Å². The molecule has 0 amide bonds. The molecule has 0 aliphatic carbocycles. The zero-order chi connectivity index (χ0) is 11.4. The largest absolute Gasteiger partial charge is 0.508 e. The molecule has 0 bridgehead atoms. The summed E-state index contributed by atoms with van der Waals surface area (Å²) in [4.78, 5) is 1.04. The molecule has 0 aliphatic rings.